The minimum absolute atomic E-state index is 0.0267. The maximum atomic E-state index is 13.3. The van der Waals surface area contributed by atoms with Gasteiger partial charge in [0.15, 0.2) is 5.69 Å². The van der Waals surface area contributed by atoms with Crippen molar-refractivity contribution < 1.29 is 18.0 Å². The van der Waals surface area contributed by atoms with Gasteiger partial charge in [0.05, 0.1) is 11.9 Å². The molecule has 128 valence electrons. The van der Waals surface area contributed by atoms with Crippen molar-refractivity contribution in [2.75, 3.05) is 0 Å². The first-order chi connectivity index (χ1) is 11.9. The van der Waals surface area contributed by atoms with Crippen LogP contribution in [-0.4, -0.2) is 20.9 Å². The van der Waals surface area contributed by atoms with Crippen LogP contribution in [0, 0.1) is 24.4 Å². The number of aryl methyl sites for hydroxylation is 1. The number of nitrogens with one attached hydrogen (secondary N) is 1. The number of nitrogens with zero attached hydrogens (tertiary/aromatic N) is 3. The van der Waals surface area contributed by atoms with Gasteiger partial charge in [0, 0.05) is 12.6 Å². The summed E-state index contributed by atoms with van der Waals surface area (Å²) >= 11 is 0. The molecule has 0 spiro atoms. The van der Waals surface area contributed by atoms with E-state index in [0.717, 1.165) is 18.2 Å². The monoisotopic (exact) mass is 346 g/mol. The highest BCUT2D eigenvalue weighted by Crippen LogP contribution is 2.13. The number of rotatable bonds is 4. The Morgan fingerprint density at radius 2 is 1.84 bits per heavy atom. The Bertz CT molecular complexity index is 919. The van der Waals surface area contributed by atoms with Crippen molar-refractivity contribution in [1.82, 2.24) is 20.3 Å². The van der Waals surface area contributed by atoms with Crippen LogP contribution in [0.25, 0.3) is 5.69 Å². The van der Waals surface area contributed by atoms with Crippen LogP contribution in [0.3, 0.4) is 0 Å². The fourth-order valence-electron chi connectivity index (χ4n) is 2.25. The molecular weight excluding hydrogens is 333 g/mol. The first-order valence-corrected chi connectivity index (χ1v) is 7.34. The average molecular weight is 346 g/mol. The Morgan fingerprint density at radius 3 is 2.52 bits per heavy atom. The molecule has 5 nitrogen and oxygen atoms in total. The molecule has 0 aliphatic heterocycles. The van der Waals surface area contributed by atoms with E-state index in [0.29, 0.717) is 11.3 Å². The summed E-state index contributed by atoms with van der Waals surface area (Å²) in [5.41, 5.74) is 1.30. The molecule has 3 rings (SSSR count). The molecule has 0 unspecified atom stereocenters. The lowest BCUT2D eigenvalue weighted by Gasteiger charge is -2.04. The predicted molar refractivity (Wildman–Crippen MR) is 83.6 cm³/mol. The normalized spacial score (nSPS) is 10.7. The largest absolute Gasteiger partial charge is 0.347 e. The van der Waals surface area contributed by atoms with Gasteiger partial charge >= 0.3 is 0 Å². The van der Waals surface area contributed by atoms with Crippen molar-refractivity contribution in [3.8, 4) is 5.69 Å². The van der Waals surface area contributed by atoms with Gasteiger partial charge in [-0.25, -0.2) is 17.9 Å². The molecule has 0 saturated carbocycles. The van der Waals surface area contributed by atoms with Gasteiger partial charge in [0.1, 0.15) is 17.5 Å². The van der Waals surface area contributed by atoms with E-state index < -0.39 is 17.5 Å². The summed E-state index contributed by atoms with van der Waals surface area (Å²) in [5.74, 6) is -2.33. The number of benzene rings is 2. The van der Waals surface area contributed by atoms with Gasteiger partial charge in [-0.15, -0.1) is 5.10 Å². The molecule has 1 amide bonds. The SMILES string of the molecule is Cc1cc(-n2cc(C(=O)NCc3cc(F)cc(F)c3)nn2)ccc1F. The highest BCUT2D eigenvalue weighted by Gasteiger charge is 2.12. The van der Waals surface area contributed by atoms with Crippen LogP contribution in [0.1, 0.15) is 21.6 Å². The summed E-state index contributed by atoms with van der Waals surface area (Å²) in [7, 11) is 0. The van der Waals surface area contributed by atoms with E-state index in [1.807, 2.05) is 0 Å². The maximum Gasteiger partial charge on any atom is 0.273 e. The van der Waals surface area contributed by atoms with E-state index in [9.17, 15) is 18.0 Å². The number of hydrogen-bond donors (Lipinski definition) is 1. The summed E-state index contributed by atoms with van der Waals surface area (Å²) in [5, 5.41) is 10.1. The van der Waals surface area contributed by atoms with Gasteiger partial charge in [-0.2, -0.15) is 0 Å². The fourth-order valence-corrected chi connectivity index (χ4v) is 2.25. The highest BCUT2D eigenvalue weighted by atomic mass is 19.1. The molecule has 0 atom stereocenters. The first-order valence-electron chi connectivity index (χ1n) is 7.34. The van der Waals surface area contributed by atoms with Crippen LogP contribution in [0.4, 0.5) is 13.2 Å². The smallest absolute Gasteiger partial charge is 0.273 e. The van der Waals surface area contributed by atoms with Crippen LogP contribution in [0.2, 0.25) is 0 Å². The molecule has 8 heteroatoms. The van der Waals surface area contributed by atoms with Crippen molar-refractivity contribution in [3.63, 3.8) is 0 Å². The molecule has 0 bridgehead atoms. The van der Waals surface area contributed by atoms with Gasteiger partial charge in [0.25, 0.3) is 5.91 Å². The van der Waals surface area contributed by atoms with E-state index in [2.05, 4.69) is 15.6 Å². The lowest BCUT2D eigenvalue weighted by molar-refractivity contribution is 0.0945. The summed E-state index contributed by atoms with van der Waals surface area (Å²) in [4.78, 5) is 12.1. The molecule has 0 saturated heterocycles. The summed E-state index contributed by atoms with van der Waals surface area (Å²) in [6, 6.07) is 7.38. The Hall–Kier alpha value is -3.16. The Labute approximate surface area is 141 Å². The molecule has 2 aromatic carbocycles. The van der Waals surface area contributed by atoms with Crippen molar-refractivity contribution in [2.45, 2.75) is 13.5 Å². The molecule has 0 aliphatic carbocycles. The van der Waals surface area contributed by atoms with Crippen LogP contribution in [0.15, 0.2) is 42.6 Å². The maximum absolute atomic E-state index is 13.3. The Morgan fingerprint density at radius 1 is 1.12 bits per heavy atom. The van der Waals surface area contributed by atoms with Crippen LogP contribution in [0.5, 0.6) is 0 Å². The lowest BCUT2D eigenvalue weighted by atomic mass is 10.2. The first kappa shape index (κ1) is 16.7. The van der Waals surface area contributed by atoms with Gasteiger partial charge in [-0.05, 0) is 48.4 Å². The average Bonchev–Trinajstić information content (AvgIpc) is 3.04. The summed E-state index contributed by atoms with van der Waals surface area (Å²) in [6.45, 7) is 1.55. The zero-order valence-corrected chi connectivity index (χ0v) is 13.1. The Kier molecular flexibility index (Phi) is 4.51. The number of halogens is 3. The van der Waals surface area contributed by atoms with Crippen molar-refractivity contribution in [1.29, 1.82) is 0 Å². The zero-order valence-electron chi connectivity index (χ0n) is 13.1. The second kappa shape index (κ2) is 6.76. The van der Waals surface area contributed by atoms with Crippen LogP contribution in [-0.2, 0) is 6.54 Å². The zero-order chi connectivity index (χ0) is 18.0. The third-order valence-electron chi connectivity index (χ3n) is 3.51. The van der Waals surface area contributed by atoms with Crippen molar-refractivity contribution >= 4 is 5.91 Å². The third-order valence-corrected chi connectivity index (χ3v) is 3.51. The van der Waals surface area contributed by atoms with E-state index >= 15 is 0 Å². The topological polar surface area (TPSA) is 59.8 Å². The standard InChI is InChI=1S/C17H13F3N4O/c1-10-4-14(2-3-15(10)20)24-9-16(22-23-24)17(25)21-8-11-5-12(18)7-13(19)6-11/h2-7,9H,8H2,1H3,(H,21,25). The third kappa shape index (κ3) is 3.85. The molecule has 0 fully saturated rings. The number of amides is 1. The number of hydrogen-bond acceptors (Lipinski definition) is 3. The van der Waals surface area contributed by atoms with Crippen LogP contribution >= 0.6 is 0 Å². The predicted octanol–water partition coefficient (Wildman–Crippen LogP) is 2.92. The number of aromatic nitrogens is 3. The van der Waals surface area contributed by atoms with Gasteiger partial charge in [0.2, 0.25) is 0 Å². The van der Waals surface area contributed by atoms with E-state index in [1.54, 1.807) is 13.0 Å². The minimum atomic E-state index is -0.720. The molecular formula is C17H13F3N4O. The molecule has 3 aromatic rings. The Balaban J connectivity index is 1.71. The van der Waals surface area contributed by atoms with Gasteiger partial charge in [-0.1, -0.05) is 5.21 Å². The number of carbonyl (C=O) groups is 1. The number of carbonyl (C=O) groups excluding carboxylic acids is 1. The van der Waals surface area contributed by atoms with E-state index in [4.69, 9.17) is 0 Å². The second-order valence-corrected chi connectivity index (χ2v) is 5.44. The lowest BCUT2D eigenvalue weighted by Crippen LogP contribution is -2.23. The molecule has 0 aliphatic rings. The fraction of sp³-hybridized carbons (Fsp3) is 0.118. The molecule has 1 N–H and O–H groups in total. The molecule has 25 heavy (non-hydrogen) atoms. The molecule has 1 heterocycles. The minimum Gasteiger partial charge on any atom is -0.347 e. The van der Waals surface area contributed by atoms with Gasteiger partial charge < -0.3 is 5.32 Å². The highest BCUT2D eigenvalue weighted by molar-refractivity contribution is 5.91. The second-order valence-electron chi connectivity index (χ2n) is 5.44. The van der Waals surface area contributed by atoms with Crippen LogP contribution < -0.4 is 5.32 Å². The molecule has 0 radical (unpaired) electrons. The van der Waals surface area contributed by atoms with Crippen molar-refractivity contribution in [2.24, 2.45) is 0 Å². The van der Waals surface area contributed by atoms with E-state index in [1.165, 1.54) is 23.0 Å². The van der Waals surface area contributed by atoms with Gasteiger partial charge in [-0.3, -0.25) is 4.79 Å². The molecule has 1 aromatic heterocycles. The quantitative estimate of drug-likeness (QED) is 0.790. The van der Waals surface area contributed by atoms with E-state index in [-0.39, 0.29) is 23.6 Å². The summed E-state index contributed by atoms with van der Waals surface area (Å²) < 4.78 is 40.9. The summed E-state index contributed by atoms with van der Waals surface area (Å²) in [6.07, 6.45) is 1.38. The van der Waals surface area contributed by atoms with Crippen molar-refractivity contribution in [3.05, 3.63) is 76.9 Å².